The fourth-order valence-corrected chi connectivity index (χ4v) is 5.18. The first kappa shape index (κ1) is 24.0. The number of hydrogen-bond donors (Lipinski definition) is 3. The molecule has 3 rings (SSSR count). The van der Waals surface area contributed by atoms with E-state index in [-0.39, 0.29) is 30.2 Å². The summed E-state index contributed by atoms with van der Waals surface area (Å²) < 4.78 is 38.5. The number of carbonyl (C=O) groups is 2. The maximum absolute atomic E-state index is 12.5. The van der Waals surface area contributed by atoms with Crippen molar-refractivity contribution in [3.05, 3.63) is 39.6 Å². The molecular weight excluding hydrogens is 454 g/mol. The molecule has 0 atom stereocenters. The van der Waals surface area contributed by atoms with Crippen molar-refractivity contribution < 1.29 is 27.5 Å². The normalized spacial score (nSPS) is 13.3. The minimum absolute atomic E-state index is 0.0492. The van der Waals surface area contributed by atoms with Crippen LogP contribution < -0.4 is 25.0 Å². The van der Waals surface area contributed by atoms with Gasteiger partial charge >= 0.3 is 0 Å². The van der Waals surface area contributed by atoms with E-state index in [0.29, 0.717) is 29.6 Å². The average molecular weight is 482 g/mol. The van der Waals surface area contributed by atoms with Gasteiger partial charge in [-0.15, -0.1) is 11.3 Å². The smallest absolute Gasteiger partial charge is 0.279 e. The zero-order valence-electron chi connectivity index (χ0n) is 18.0. The highest BCUT2D eigenvalue weighted by Gasteiger charge is 2.19. The van der Waals surface area contributed by atoms with Gasteiger partial charge in [-0.05, 0) is 43.5 Å². The number of hydrazine groups is 1. The Morgan fingerprint density at radius 3 is 2.56 bits per heavy atom. The van der Waals surface area contributed by atoms with Crippen molar-refractivity contribution in [2.45, 2.75) is 44.4 Å². The number of fused-ring (bicyclic) bond motifs is 1. The van der Waals surface area contributed by atoms with Crippen LogP contribution in [-0.2, 0) is 21.2 Å². The molecule has 0 saturated carbocycles. The molecule has 1 aromatic carbocycles. The third-order valence-electron chi connectivity index (χ3n) is 4.78. The van der Waals surface area contributed by atoms with Crippen molar-refractivity contribution >= 4 is 33.2 Å². The lowest BCUT2D eigenvalue weighted by Crippen LogP contribution is -2.41. The van der Waals surface area contributed by atoms with Crippen molar-refractivity contribution in [1.29, 1.82) is 0 Å². The quantitative estimate of drug-likeness (QED) is 0.393. The number of benzene rings is 1. The largest absolute Gasteiger partial charge is 0.490 e. The van der Waals surface area contributed by atoms with Crippen LogP contribution in [0.2, 0.25) is 0 Å². The number of hydrogen-bond acceptors (Lipinski definition) is 7. The van der Waals surface area contributed by atoms with Crippen LogP contribution in [0.4, 0.5) is 0 Å². The van der Waals surface area contributed by atoms with E-state index in [2.05, 4.69) is 15.6 Å². The van der Waals surface area contributed by atoms with Crippen LogP contribution in [0, 0.1) is 6.92 Å². The fraction of sp³-hybridized carbons (Fsp3) is 0.429. The van der Waals surface area contributed by atoms with Gasteiger partial charge in [0.05, 0.1) is 23.0 Å². The molecule has 0 radical (unpaired) electrons. The monoisotopic (exact) mass is 481 g/mol. The molecule has 2 amide bonds. The van der Waals surface area contributed by atoms with Gasteiger partial charge in [-0.3, -0.25) is 20.4 Å². The van der Waals surface area contributed by atoms with Gasteiger partial charge in [0.15, 0.2) is 11.5 Å². The lowest BCUT2D eigenvalue weighted by molar-refractivity contribution is -0.121. The van der Waals surface area contributed by atoms with E-state index in [0.717, 1.165) is 23.3 Å². The lowest BCUT2D eigenvalue weighted by atomic mass is 10.2. The molecule has 9 nitrogen and oxygen atoms in total. The van der Waals surface area contributed by atoms with Crippen LogP contribution in [0.25, 0.3) is 0 Å². The summed E-state index contributed by atoms with van der Waals surface area (Å²) in [6.45, 7) is 5.01. The Hall–Kier alpha value is -2.63. The second-order valence-electron chi connectivity index (χ2n) is 7.23. The van der Waals surface area contributed by atoms with E-state index >= 15 is 0 Å². The zero-order chi connectivity index (χ0) is 23.1. The lowest BCUT2D eigenvalue weighted by Gasteiger charge is -2.11. The second kappa shape index (κ2) is 10.8. The molecule has 0 fully saturated rings. The highest BCUT2D eigenvalue weighted by molar-refractivity contribution is 7.89. The van der Waals surface area contributed by atoms with E-state index in [1.165, 1.54) is 23.5 Å². The molecule has 32 heavy (non-hydrogen) atoms. The van der Waals surface area contributed by atoms with Crippen LogP contribution in [0.3, 0.4) is 0 Å². The molecule has 11 heteroatoms. The SMILES string of the molecule is CCc1sc(C(=O)NNC(=O)CCCNS(=O)(=O)c2ccc3c(c2)OCCCO3)cc1C. The number of nitrogens with one attached hydrogen (secondary N) is 3. The summed E-state index contributed by atoms with van der Waals surface area (Å²) in [5, 5.41) is 0. The summed E-state index contributed by atoms with van der Waals surface area (Å²) in [6.07, 6.45) is 1.89. The van der Waals surface area contributed by atoms with Crippen molar-refractivity contribution in [3.8, 4) is 11.5 Å². The van der Waals surface area contributed by atoms with Gasteiger partial charge in [-0.1, -0.05) is 6.92 Å². The average Bonchev–Trinajstić information content (AvgIpc) is 3.00. The Balaban J connectivity index is 1.42. The van der Waals surface area contributed by atoms with Crippen LogP contribution in [-0.4, -0.2) is 40.0 Å². The second-order valence-corrected chi connectivity index (χ2v) is 10.1. The third kappa shape index (κ3) is 6.21. The number of carbonyl (C=O) groups excluding carboxylic acids is 2. The molecule has 1 aliphatic heterocycles. The van der Waals surface area contributed by atoms with E-state index in [9.17, 15) is 18.0 Å². The van der Waals surface area contributed by atoms with Crippen molar-refractivity contribution in [3.63, 3.8) is 0 Å². The predicted octanol–water partition coefficient (Wildman–Crippen LogP) is 2.30. The van der Waals surface area contributed by atoms with Crippen LogP contribution >= 0.6 is 11.3 Å². The Kier molecular flexibility index (Phi) is 8.10. The summed E-state index contributed by atoms with van der Waals surface area (Å²) in [4.78, 5) is 25.8. The Morgan fingerprint density at radius 2 is 1.84 bits per heavy atom. The molecule has 0 aliphatic carbocycles. The molecule has 2 heterocycles. The first-order valence-electron chi connectivity index (χ1n) is 10.4. The van der Waals surface area contributed by atoms with Crippen molar-refractivity contribution in [2.75, 3.05) is 19.8 Å². The van der Waals surface area contributed by atoms with E-state index in [1.54, 1.807) is 12.1 Å². The summed E-state index contributed by atoms with van der Waals surface area (Å²) >= 11 is 1.39. The minimum Gasteiger partial charge on any atom is -0.490 e. The van der Waals surface area contributed by atoms with E-state index in [1.807, 2.05) is 13.8 Å². The highest BCUT2D eigenvalue weighted by Crippen LogP contribution is 2.31. The number of ether oxygens (including phenoxy) is 2. The van der Waals surface area contributed by atoms with E-state index in [4.69, 9.17) is 9.47 Å². The Labute approximate surface area is 191 Å². The fourth-order valence-electron chi connectivity index (χ4n) is 3.08. The molecule has 0 saturated heterocycles. The summed E-state index contributed by atoms with van der Waals surface area (Å²) in [7, 11) is -3.76. The first-order valence-corrected chi connectivity index (χ1v) is 12.7. The minimum atomic E-state index is -3.76. The molecule has 1 aromatic heterocycles. The van der Waals surface area contributed by atoms with Gasteiger partial charge < -0.3 is 9.47 Å². The van der Waals surface area contributed by atoms with Crippen LogP contribution in [0.5, 0.6) is 11.5 Å². The maximum Gasteiger partial charge on any atom is 0.279 e. The standard InChI is InChI=1S/C21H27N3O6S2/c1-3-18-14(2)12-19(31-18)21(26)24-23-20(25)6-4-9-22-32(27,28)15-7-8-16-17(13-15)30-11-5-10-29-16/h7-8,12-13,22H,3-6,9-11H2,1-2H3,(H,23,25)(H,24,26). The number of sulfonamides is 1. The summed E-state index contributed by atoms with van der Waals surface area (Å²) in [5.41, 5.74) is 5.80. The van der Waals surface area contributed by atoms with Gasteiger partial charge in [0.25, 0.3) is 5.91 Å². The van der Waals surface area contributed by atoms with Gasteiger partial charge in [-0.2, -0.15) is 0 Å². The summed E-state index contributed by atoms with van der Waals surface area (Å²) in [5.74, 6) is 0.134. The van der Waals surface area contributed by atoms with Gasteiger partial charge in [0, 0.05) is 30.3 Å². The first-order chi connectivity index (χ1) is 15.3. The molecule has 0 unspecified atom stereocenters. The molecule has 0 bridgehead atoms. The molecular formula is C21H27N3O6S2. The number of thiophene rings is 1. The van der Waals surface area contributed by atoms with E-state index < -0.39 is 15.9 Å². The predicted molar refractivity (Wildman–Crippen MR) is 121 cm³/mol. The van der Waals surface area contributed by atoms with Crippen molar-refractivity contribution in [2.24, 2.45) is 0 Å². The zero-order valence-corrected chi connectivity index (χ0v) is 19.7. The van der Waals surface area contributed by atoms with Crippen molar-refractivity contribution in [1.82, 2.24) is 15.6 Å². The Morgan fingerprint density at radius 1 is 1.09 bits per heavy atom. The van der Waals surface area contributed by atoms with Gasteiger partial charge in [0.2, 0.25) is 15.9 Å². The number of amides is 2. The molecule has 174 valence electrons. The molecule has 2 aromatic rings. The molecule has 1 aliphatic rings. The van der Waals surface area contributed by atoms with Gasteiger partial charge in [-0.25, -0.2) is 13.1 Å². The number of rotatable bonds is 8. The number of aryl methyl sites for hydroxylation is 2. The third-order valence-corrected chi connectivity index (χ3v) is 7.62. The van der Waals surface area contributed by atoms with Gasteiger partial charge in [0.1, 0.15) is 0 Å². The molecule has 3 N–H and O–H groups in total. The topological polar surface area (TPSA) is 123 Å². The molecule has 0 spiro atoms. The Bertz CT molecular complexity index is 1080. The maximum atomic E-state index is 12.5. The highest BCUT2D eigenvalue weighted by atomic mass is 32.2. The van der Waals surface area contributed by atoms with Crippen LogP contribution in [0.15, 0.2) is 29.2 Å². The summed E-state index contributed by atoms with van der Waals surface area (Å²) in [6, 6.07) is 6.25. The van der Waals surface area contributed by atoms with Crippen LogP contribution in [0.1, 0.15) is 46.3 Å².